The lowest BCUT2D eigenvalue weighted by Crippen LogP contribution is -2.23. The number of nitrogens with zero attached hydrogens (tertiary/aromatic N) is 4. The van der Waals surface area contributed by atoms with E-state index in [-0.39, 0.29) is 47.8 Å². The number of aromatic nitrogens is 6. The molecule has 0 spiro atoms. The van der Waals surface area contributed by atoms with Gasteiger partial charge in [0.2, 0.25) is 0 Å². The number of imidazole rings is 1. The molecule has 0 fully saturated rings. The van der Waals surface area contributed by atoms with Crippen LogP contribution >= 0.6 is 0 Å². The van der Waals surface area contributed by atoms with Crippen molar-refractivity contribution >= 4 is 16.9 Å². The first kappa shape index (κ1) is 32.1. The van der Waals surface area contributed by atoms with Gasteiger partial charge in [0.1, 0.15) is 34.5 Å². The molecule has 1 aliphatic rings. The summed E-state index contributed by atoms with van der Waals surface area (Å²) in [6.07, 6.45) is 5.74. The number of ether oxygens (including phenoxy) is 2. The molecule has 7 rings (SSSR count). The molecule has 3 N–H and O–H groups in total. The van der Waals surface area contributed by atoms with E-state index in [2.05, 4.69) is 25.3 Å². The Morgan fingerprint density at radius 2 is 1.98 bits per heavy atom. The summed E-state index contributed by atoms with van der Waals surface area (Å²) in [4.78, 5) is 21.9. The van der Waals surface area contributed by atoms with Gasteiger partial charge < -0.3 is 24.5 Å². The van der Waals surface area contributed by atoms with Crippen molar-refractivity contribution in [1.82, 2.24) is 29.9 Å². The minimum absolute atomic E-state index is 0.0330. The minimum atomic E-state index is -1.02. The first-order valence-corrected chi connectivity index (χ1v) is 15.9. The molecular weight excluding hydrogens is 637 g/mol. The number of carboxylic acid groups (broad SMARTS) is 1. The number of H-pyrrole nitrogens is 2. The van der Waals surface area contributed by atoms with E-state index in [1.807, 2.05) is 19.9 Å². The lowest BCUT2D eigenvalue weighted by Gasteiger charge is -2.24. The van der Waals surface area contributed by atoms with Crippen LogP contribution in [0.15, 0.2) is 67.1 Å². The van der Waals surface area contributed by atoms with E-state index in [0.29, 0.717) is 47.5 Å². The number of hydrogen-bond acceptors (Lipinski definition) is 6. The van der Waals surface area contributed by atoms with Crippen LogP contribution in [-0.4, -0.2) is 47.6 Å². The zero-order valence-electron chi connectivity index (χ0n) is 26.8. The predicted molar refractivity (Wildman–Crippen MR) is 174 cm³/mol. The van der Waals surface area contributed by atoms with Crippen molar-refractivity contribution < 1.29 is 32.5 Å². The van der Waals surface area contributed by atoms with Gasteiger partial charge in [0.25, 0.3) is 0 Å². The Morgan fingerprint density at radius 3 is 2.82 bits per heavy atom. The Hall–Kier alpha value is -5.43. The van der Waals surface area contributed by atoms with Crippen LogP contribution in [0.3, 0.4) is 0 Å². The van der Waals surface area contributed by atoms with Crippen molar-refractivity contribution in [2.45, 2.75) is 57.6 Å². The lowest BCUT2D eigenvalue weighted by atomic mass is 9.89. The highest BCUT2D eigenvalue weighted by Crippen LogP contribution is 2.38. The molecule has 0 saturated heterocycles. The van der Waals surface area contributed by atoms with E-state index >= 15 is 13.2 Å². The summed E-state index contributed by atoms with van der Waals surface area (Å²) in [5.74, 6) is -2.98. The third kappa shape index (κ3) is 6.41. The number of rotatable bonds is 4. The number of carboxylic acids is 1. The van der Waals surface area contributed by atoms with Crippen molar-refractivity contribution in [3.63, 3.8) is 0 Å². The van der Waals surface area contributed by atoms with Crippen molar-refractivity contribution in [2.24, 2.45) is 0 Å². The normalized spacial score (nSPS) is 16.3. The van der Waals surface area contributed by atoms with Crippen LogP contribution in [0, 0.1) is 17.5 Å². The summed E-state index contributed by atoms with van der Waals surface area (Å²) in [6, 6.07) is 12.1. The van der Waals surface area contributed by atoms with E-state index in [9.17, 15) is 9.90 Å². The Kier molecular flexibility index (Phi) is 8.45. The Bertz CT molecular complexity index is 2170. The minimum Gasteiger partial charge on any atom is -0.481 e. The van der Waals surface area contributed by atoms with Crippen LogP contribution in [0.1, 0.15) is 67.1 Å². The van der Waals surface area contributed by atoms with Gasteiger partial charge >= 0.3 is 5.97 Å². The molecule has 4 heterocycles. The number of aryl methyl sites for hydroxylation is 1. The first-order chi connectivity index (χ1) is 23.6. The van der Waals surface area contributed by atoms with Crippen LogP contribution in [-0.2, 0) is 28.1 Å². The maximum atomic E-state index is 16.0. The molecule has 0 radical (unpaired) electrons. The smallest absolute Gasteiger partial charge is 0.303 e. The van der Waals surface area contributed by atoms with E-state index in [4.69, 9.17) is 9.47 Å². The van der Waals surface area contributed by atoms with Crippen molar-refractivity contribution in [2.75, 3.05) is 6.61 Å². The Balaban J connectivity index is 1.33. The monoisotopic (exact) mass is 670 g/mol. The molecule has 0 aliphatic carbocycles. The van der Waals surface area contributed by atoms with Gasteiger partial charge in [-0.3, -0.25) is 4.79 Å². The second-order valence-electron chi connectivity index (χ2n) is 12.6. The molecule has 1 atom stereocenters. The Labute approximate surface area is 278 Å². The highest BCUT2D eigenvalue weighted by atomic mass is 19.1. The predicted octanol–water partition coefficient (Wildman–Crippen LogP) is 7.60. The molecule has 252 valence electrons. The largest absolute Gasteiger partial charge is 0.481 e. The fourth-order valence-electron chi connectivity index (χ4n) is 6.29. The maximum absolute atomic E-state index is 16.0. The zero-order chi connectivity index (χ0) is 34.3. The average Bonchev–Trinajstić information content (AvgIpc) is 3.85. The molecule has 6 aromatic rings. The topological polar surface area (TPSA) is 131 Å². The third-order valence-corrected chi connectivity index (χ3v) is 8.92. The zero-order valence-corrected chi connectivity index (χ0v) is 26.8. The number of benzene rings is 3. The van der Waals surface area contributed by atoms with E-state index in [0.717, 1.165) is 5.39 Å². The molecular formula is C36H33F3N6O4. The Morgan fingerprint density at radius 1 is 1.12 bits per heavy atom. The molecule has 1 aliphatic heterocycles. The number of carbonyl (C=O) groups is 1. The van der Waals surface area contributed by atoms with Crippen LogP contribution < -0.4 is 4.74 Å². The SMILES string of the molecule is CC1(C)OCCCC(c2cccc(CCC(=O)O)c2F)c2cnc([nH]2)-c2cc(ccc2F)Oc2c(F)cc3[nH]ccc3c2Cn2cc1nn2. The summed E-state index contributed by atoms with van der Waals surface area (Å²) in [7, 11) is 0. The molecule has 10 nitrogen and oxygen atoms in total. The van der Waals surface area contributed by atoms with Crippen LogP contribution in [0.25, 0.3) is 22.3 Å². The van der Waals surface area contributed by atoms with Gasteiger partial charge in [-0.15, -0.1) is 5.10 Å². The summed E-state index contributed by atoms with van der Waals surface area (Å²) in [5, 5.41) is 18.6. The van der Waals surface area contributed by atoms with Crippen molar-refractivity contribution in [1.29, 1.82) is 0 Å². The molecule has 6 bridgehead atoms. The van der Waals surface area contributed by atoms with Crippen LogP contribution in [0.4, 0.5) is 13.2 Å². The standard InChI is InChI=1S/C36H33F3N6O4/c1-36(2)31-19-45(44-43-31)18-26-23-12-13-40-29(23)16-28(38)34(26)49-21-9-10-27(37)25(15-21)35-41-17-30(42-35)22(7-4-14-48-36)24-6-3-5-20(33(24)39)8-11-32(46)47/h3,5-6,9-10,12-13,15-17,19,22,40H,4,7-8,11,14,18H2,1-2H3,(H,41,42)(H,46,47). The van der Waals surface area contributed by atoms with E-state index in [1.165, 1.54) is 30.5 Å². The highest BCUT2D eigenvalue weighted by Gasteiger charge is 2.28. The van der Waals surface area contributed by atoms with Gasteiger partial charge in [-0.05, 0) is 68.5 Å². The molecule has 49 heavy (non-hydrogen) atoms. The van der Waals surface area contributed by atoms with Crippen molar-refractivity contribution in [3.8, 4) is 22.9 Å². The quantitative estimate of drug-likeness (QED) is 0.176. The van der Waals surface area contributed by atoms with Gasteiger partial charge in [0, 0.05) is 59.6 Å². The maximum Gasteiger partial charge on any atom is 0.303 e. The van der Waals surface area contributed by atoms with Gasteiger partial charge in [-0.2, -0.15) is 0 Å². The third-order valence-electron chi connectivity index (χ3n) is 8.92. The number of fused-ring (bicyclic) bond motifs is 10. The second kappa shape index (κ2) is 12.9. The summed E-state index contributed by atoms with van der Waals surface area (Å²) in [6.45, 7) is 4.16. The summed E-state index contributed by atoms with van der Waals surface area (Å²) < 4.78 is 61.0. The molecule has 0 amide bonds. The number of halogens is 3. The average molecular weight is 671 g/mol. The molecule has 3 aromatic heterocycles. The van der Waals surface area contributed by atoms with Gasteiger partial charge in [0.15, 0.2) is 11.6 Å². The van der Waals surface area contributed by atoms with Gasteiger partial charge in [-0.1, -0.05) is 23.4 Å². The highest BCUT2D eigenvalue weighted by molar-refractivity contribution is 5.85. The van der Waals surface area contributed by atoms with E-state index in [1.54, 1.807) is 35.3 Å². The van der Waals surface area contributed by atoms with Gasteiger partial charge in [-0.25, -0.2) is 22.8 Å². The summed E-state index contributed by atoms with van der Waals surface area (Å²) >= 11 is 0. The van der Waals surface area contributed by atoms with Crippen molar-refractivity contribution in [3.05, 3.63) is 113 Å². The lowest BCUT2D eigenvalue weighted by molar-refractivity contribution is -0.136. The molecule has 13 heteroatoms. The van der Waals surface area contributed by atoms with Crippen LogP contribution in [0.2, 0.25) is 0 Å². The summed E-state index contributed by atoms with van der Waals surface area (Å²) in [5.41, 5.74) is 2.04. The molecule has 3 aromatic carbocycles. The number of nitrogens with one attached hydrogen (secondary N) is 2. The second-order valence-corrected chi connectivity index (χ2v) is 12.6. The fraction of sp³-hybridized carbons (Fsp3) is 0.278. The molecule has 1 unspecified atom stereocenters. The number of hydrogen-bond donors (Lipinski definition) is 3. The fourth-order valence-corrected chi connectivity index (χ4v) is 6.29. The first-order valence-electron chi connectivity index (χ1n) is 15.9. The van der Waals surface area contributed by atoms with E-state index < -0.39 is 34.9 Å². The van der Waals surface area contributed by atoms with Gasteiger partial charge in [0.05, 0.1) is 18.3 Å². The number of aromatic amines is 2. The van der Waals surface area contributed by atoms with Crippen LogP contribution in [0.5, 0.6) is 11.5 Å². The molecule has 0 saturated carbocycles. The number of aliphatic carboxylic acids is 1.